The van der Waals surface area contributed by atoms with Crippen LogP contribution in [0.5, 0.6) is 0 Å². The highest BCUT2D eigenvalue weighted by Gasteiger charge is 2.29. The van der Waals surface area contributed by atoms with Gasteiger partial charge in [-0.3, -0.25) is 9.80 Å². The summed E-state index contributed by atoms with van der Waals surface area (Å²) in [6.07, 6.45) is 0. The van der Waals surface area contributed by atoms with Gasteiger partial charge in [-0.25, -0.2) is 9.18 Å². The second-order valence-electron chi connectivity index (χ2n) is 7.96. The van der Waals surface area contributed by atoms with Gasteiger partial charge in [0.1, 0.15) is 5.82 Å². The molecule has 2 saturated heterocycles. The van der Waals surface area contributed by atoms with Crippen LogP contribution >= 0.6 is 0 Å². The molecule has 0 spiro atoms. The number of morpholine rings is 1. The third-order valence-corrected chi connectivity index (χ3v) is 5.52. The van der Waals surface area contributed by atoms with Gasteiger partial charge in [-0.15, -0.1) is 0 Å². The van der Waals surface area contributed by atoms with Crippen LogP contribution in [0.1, 0.15) is 19.4 Å². The quantitative estimate of drug-likeness (QED) is 0.848. The Morgan fingerprint density at radius 3 is 2.33 bits per heavy atom. The number of hydrogen-bond acceptors (Lipinski definition) is 4. The van der Waals surface area contributed by atoms with Crippen LogP contribution in [-0.2, 0) is 11.3 Å². The van der Waals surface area contributed by atoms with Gasteiger partial charge < -0.3 is 15.0 Å². The first-order chi connectivity index (χ1) is 12.9. The number of hydrogen-bond donors (Lipinski definition) is 1. The fraction of sp³-hybridized carbons (Fsp3) is 0.650. The van der Waals surface area contributed by atoms with Crippen LogP contribution in [-0.4, -0.2) is 85.3 Å². The maximum absolute atomic E-state index is 13.0. The molecular formula is C20H31FN4O2. The van der Waals surface area contributed by atoms with Crippen molar-refractivity contribution < 1.29 is 13.9 Å². The van der Waals surface area contributed by atoms with Gasteiger partial charge in [0.2, 0.25) is 0 Å². The summed E-state index contributed by atoms with van der Waals surface area (Å²) >= 11 is 0. The molecule has 2 aliphatic rings. The smallest absolute Gasteiger partial charge is 0.317 e. The van der Waals surface area contributed by atoms with E-state index in [4.69, 9.17) is 4.74 Å². The lowest BCUT2D eigenvalue weighted by Crippen LogP contribution is -2.58. The molecule has 0 unspecified atom stereocenters. The summed E-state index contributed by atoms with van der Waals surface area (Å²) in [6.45, 7) is 12.2. The number of benzene rings is 1. The van der Waals surface area contributed by atoms with Gasteiger partial charge in [-0.1, -0.05) is 12.1 Å². The van der Waals surface area contributed by atoms with Gasteiger partial charge in [0.15, 0.2) is 0 Å². The molecule has 2 fully saturated rings. The molecule has 6 nitrogen and oxygen atoms in total. The second kappa shape index (κ2) is 8.99. The predicted octanol–water partition coefficient (Wildman–Crippen LogP) is 1.76. The molecular weight excluding hydrogens is 347 g/mol. The highest BCUT2D eigenvalue weighted by molar-refractivity contribution is 5.74. The molecule has 27 heavy (non-hydrogen) atoms. The summed E-state index contributed by atoms with van der Waals surface area (Å²) in [4.78, 5) is 19.1. The molecule has 150 valence electrons. The Morgan fingerprint density at radius 1 is 1.07 bits per heavy atom. The Hall–Kier alpha value is -1.70. The van der Waals surface area contributed by atoms with Crippen molar-refractivity contribution in [2.24, 2.45) is 0 Å². The molecule has 1 N–H and O–H groups in total. The van der Waals surface area contributed by atoms with Gasteiger partial charge in [0.05, 0.1) is 13.2 Å². The summed E-state index contributed by atoms with van der Waals surface area (Å²) in [5.41, 5.74) is 1.02. The van der Waals surface area contributed by atoms with E-state index < -0.39 is 0 Å². The number of nitrogens with zero attached hydrogens (tertiary/aromatic N) is 3. The normalized spacial score (nSPS) is 19.9. The van der Waals surface area contributed by atoms with E-state index in [0.29, 0.717) is 19.6 Å². The summed E-state index contributed by atoms with van der Waals surface area (Å²) in [5.74, 6) is -0.208. The van der Waals surface area contributed by atoms with E-state index in [2.05, 4.69) is 29.0 Å². The minimum atomic E-state index is -0.208. The topological polar surface area (TPSA) is 48.1 Å². The number of carbonyl (C=O) groups is 1. The maximum Gasteiger partial charge on any atom is 0.317 e. The zero-order chi connectivity index (χ0) is 19.3. The number of carbonyl (C=O) groups excluding carboxylic acids is 1. The highest BCUT2D eigenvalue weighted by Crippen LogP contribution is 2.15. The van der Waals surface area contributed by atoms with Crippen molar-refractivity contribution in [2.45, 2.75) is 25.9 Å². The number of amides is 2. The molecule has 0 saturated carbocycles. The van der Waals surface area contributed by atoms with E-state index in [1.165, 1.54) is 12.1 Å². The van der Waals surface area contributed by atoms with E-state index >= 15 is 0 Å². The van der Waals surface area contributed by atoms with Crippen LogP contribution in [0.25, 0.3) is 0 Å². The monoisotopic (exact) mass is 378 g/mol. The average Bonchev–Trinajstić information content (AvgIpc) is 2.69. The lowest BCUT2D eigenvalue weighted by Gasteiger charge is -2.41. The van der Waals surface area contributed by atoms with E-state index in [-0.39, 0.29) is 17.4 Å². The molecule has 2 heterocycles. The average molecular weight is 378 g/mol. The zero-order valence-corrected chi connectivity index (χ0v) is 16.4. The number of urea groups is 1. The molecule has 0 radical (unpaired) electrons. The summed E-state index contributed by atoms with van der Waals surface area (Å²) in [6, 6.07) is 6.65. The van der Waals surface area contributed by atoms with Crippen LogP contribution < -0.4 is 5.32 Å². The van der Waals surface area contributed by atoms with Crippen molar-refractivity contribution in [1.82, 2.24) is 20.0 Å². The third-order valence-electron chi connectivity index (χ3n) is 5.52. The zero-order valence-electron chi connectivity index (χ0n) is 16.4. The van der Waals surface area contributed by atoms with Crippen LogP contribution in [0.3, 0.4) is 0 Å². The summed E-state index contributed by atoms with van der Waals surface area (Å²) < 4.78 is 18.4. The number of rotatable bonds is 5. The highest BCUT2D eigenvalue weighted by atomic mass is 19.1. The van der Waals surface area contributed by atoms with Crippen molar-refractivity contribution in [3.63, 3.8) is 0 Å². The molecule has 3 rings (SSSR count). The van der Waals surface area contributed by atoms with Crippen molar-refractivity contribution in [2.75, 3.05) is 59.0 Å². The third kappa shape index (κ3) is 5.64. The Kier molecular flexibility index (Phi) is 6.68. The van der Waals surface area contributed by atoms with Crippen molar-refractivity contribution in [3.8, 4) is 0 Å². The maximum atomic E-state index is 13.0. The Bertz CT molecular complexity index is 609. The Morgan fingerprint density at radius 2 is 1.70 bits per heavy atom. The van der Waals surface area contributed by atoms with E-state index in [0.717, 1.165) is 51.5 Å². The largest absolute Gasteiger partial charge is 0.379 e. The van der Waals surface area contributed by atoms with E-state index in [1.807, 2.05) is 17.0 Å². The number of piperazine rings is 1. The Balaban J connectivity index is 1.41. The number of nitrogens with one attached hydrogen (secondary N) is 1. The van der Waals surface area contributed by atoms with Crippen LogP contribution in [0.4, 0.5) is 9.18 Å². The van der Waals surface area contributed by atoms with Crippen LogP contribution in [0.2, 0.25) is 0 Å². The van der Waals surface area contributed by atoms with Gasteiger partial charge in [-0.05, 0) is 31.5 Å². The van der Waals surface area contributed by atoms with Crippen molar-refractivity contribution in [1.29, 1.82) is 0 Å². The van der Waals surface area contributed by atoms with Gasteiger partial charge in [0.25, 0.3) is 0 Å². The molecule has 0 bridgehead atoms. The first-order valence-corrected chi connectivity index (χ1v) is 9.76. The number of halogens is 1. The van der Waals surface area contributed by atoms with E-state index in [1.54, 1.807) is 0 Å². The molecule has 1 aromatic rings. The minimum Gasteiger partial charge on any atom is -0.379 e. The molecule has 2 amide bonds. The molecule has 0 aliphatic carbocycles. The molecule has 1 aromatic carbocycles. The first kappa shape index (κ1) is 20.0. The molecule has 7 heteroatoms. The summed E-state index contributed by atoms with van der Waals surface area (Å²) in [7, 11) is 0. The first-order valence-electron chi connectivity index (χ1n) is 9.76. The minimum absolute atomic E-state index is 0.0118. The van der Waals surface area contributed by atoms with Crippen LogP contribution in [0.15, 0.2) is 24.3 Å². The fourth-order valence-electron chi connectivity index (χ4n) is 3.64. The van der Waals surface area contributed by atoms with Gasteiger partial charge >= 0.3 is 6.03 Å². The van der Waals surface area contributed by atoms with Crippen LogP contribution in [0, 0.1) is 5.82 Å². The van der Waals surface area contributed by atoms with Crippen molar-refractivity contribution >= 4 is 6.03 Å². The Labute approximate surface area is 161 Å². The summed E-state index contributed by atoms with van der Waals surface area (Å²) in [5, 5.41) is 3.11. The molecule has 0 atom stereocenters. The molecule has 0 aromatic heterocycles. The number of ether oxygens (including phenoxy) is 1. The lowest BCUT2D eigenvalue weighted by atomic mass is 10.0. The second-order valence-corrected chi connectivity index (χ2v) is 7.96. The van der Waals surface area contributed by atoms with Gasteiger partial charge in [-0.2, -0.15) is 0 Å². The lowest BCUT2D eigenvalue weighted by molar-refractivity contribution is -0.00917. The fourth-order valence-corrected chi connectivity index (χ4v) is 3.64. The van der Waals surface area contributed by atoms with E-state index in [9.17, 15) is 9.18 Å². The molecule has 2 aliphatic heterocycles. The van der Waals surface area contributed by atoms with Gasteiger partial charge in [0, 0.05) is 57.9 Å². The SMILES string of the molecule is CC(C)(CNC(=O)N1CCN(Cc2ccc(F)cc2)CC1)N1CCOCC1. The predicted molar refractivity (Wildman–Crippen MR) is 103 cm³/mol. The standard InChI is InChI=1S/C20H31FN4O2/c1-20(2,25-11-13-27-14-12-25)16-22-19(26)24-9-7-23(8-10-24)15-17-3-5-18(21)6-4-17/h3-6H,7-16H2,1-2H3,(H,22,26). The van der Waals surface area contributed by atoms with Crippen molar-refractivity contribution in [3.05, 3.63) is 35.6 Å².